The number of pyridine rings is 1. The fourth-order valence-corrected chi connectivity index (χ4v) is 3.71. The Morgan fingerprint density at radius 3 is 2.77 bits per heavy atom. The lowest BCUT2D eigenvalue weighted by Gasteiger charge is -2.14. The van der Waals surface area contributed by atoms with Gasteiger partial charge in [0, 0.05) is 22.0 Å². The number of hydrogen-bond acceptors (Lipinski definition) is 3. The van der Waals surface area contributed by atoms with E-state index in [1.54, 1.807) is 11.8 Å². The minimum absolute atomic E-state index is 0.676. The lowest BCUT2D eigenvalue weighted by Crippen LogP contribution is -2.00. The molecule has 0 N–H and O–H groups in total. The van der Waals surface area contributed by atoms with Gasteiger partial charge in [-0.15, -0.1) is 18.3 Å². The van der Waals surface area contributed by atoms with Crippen molar-refractivity contribution in [2.45, 2.75) is 24.3 Å². The summed E-state index contributed by atoms with van der Waals surface area (Å²) >= 11 is 7.57. The third kappa shape index (κ3) is 2.77. The van der Waals surface area contributed by atoms with Crippen LogP contribution in [0.4, 0.5) is 0 Å². The summed E-state index contributed by atoms with van der Waals surface area (Å²) in [7, 11) is 0. The topological polar surface area (TPSA) is 36.7 Å². The minimum atomic E-state index is 0.676. The molecule has 22 heavy (non-hydrogen) atoms. The van der Waals surface area contributed by atoms with Gasteiger partial charge in [0.2, 0.25) is 0 Å². The zero-order valence-electron chi connectivity index (χ0n) is 12.1. The SMILES string of the molecule is C=CCSc1nc2c(c(-c3ccc(Cl)cc3)c1C#N)CCC2. The third-order valence-electron chi connectivity index (χ3n) is 3.77. The normalized spacial score (nSPS) is 12.7. The van der Waals surface area contributed by atoms with Gasteiger partial charge in [-0.2, -0.15) is 5.26 Å². The molecule has 0 saturated carbocycles. The number of thioether (sulfide) groups is 1. The Morgan fingerprint density at radius 1 is 1.32 bits per heavy atom. The van der Waals surface area contributed by atoms with E-state index in [0.717, 1.165) is 46.9 Å². The van der Waals surface area contributed by atoms with E-state index in [9.17, 15) is 5.26 Å². The first-order valence-corrected chi connectivity index (χ1v) is 8.56. The van der Waals surface area contributed by atoms with Crippen LogP contribution in [0.3, 0.4) is 0 Å². The number of benzene rings is 1. The summed E-state index contributed by atoms with van der Waals surface area (Å²) in [5.41, 5.74) is 5.11. The van der Waals surface area contributed by atoms with Crippen LogP contribution in [0, 0.1) is 11.3 Å². The molecule has 0 spiro atoms. The molecule has 1 aliphatic carbocycles. The van der Waals surface area contributed by atoms with Crippen molar-refractivity contribution in [3.05, 3.63) is 58.8 Å². The van der Waals surface area contributed by atoms with Gasteiger partial charge in [-0.05, 0) is 42.5 Å². The highest BCUT2D eigenvalue weighted by Gasteiger charge is 2.24. The second kappa shape index (κ2) is 6.56. The molecule has 0 bridgehead atoms. The predicted octanol–water partition coefficient (Wildman–Crippen LogP) is 5.04. The van der Waals surface area contributed by atoms with E-state index < -0.39 is 0 Å². The van der Waals surface area contributed by atoms with Crippen LogP contribution >= 0.6 is 23.4 Å². The molecular weight excluding hydrogens is 312 g/mol. The van der Waals surface area contributed by atoms with Gasteiger partial charge >= 0.3 is 0 Å². The average Bonchev–Trinajstić information content (AvgIpc) is 3.00. The van der Waals surface area contributed by atoms with Crippen LogP contribution in [0.2, 0.25) is 5.02 Å². The Labute approximate surface area is 139 Å². The third-order valence-corrected chi connectivity index (χ3v) is 5.00. The molecule has 0 radical (unpaired) electrons. The lowest BCUT2D eigenvalue weighted by atomic mass is 9.95. The van der Waals surface area contributed by atoms with E-state index in [1.165, 1.54) is 5.56 Å². The van der Waals surface area contributed by atoms with Crippen LogP contribution in [0.5, 0.6) is 0 Å². The zero-order valence-corrected chi connectivity index (χ0v) is 13.7. The summed E-state index contributed by atoms with van der Waals surface area (Å²) in [6.07, 6.45) is 4.91. The van der Waals surface area contributed by atoms with Crippen molar-refractivity contribution in [2.24, 2.45) is 0 Å². The van der Waals surface area contributed by atoms with E-state index in [4.69, 9.17) is 16.6 Å². The van der Waals surface area contributed by atoms with Crippen molar-refractivity contribution < 1.29 is 0 Å². The Balaban J connectivity index is 2.22. The van der Waals surface area contributed by atoms with Gasteiger partial charge < -0.3 is 0 Å². The predicted molar refractivity (Wildman–Crippen MR) is 92.3 cm³/mol. The van der Waals surface area contributed by atoms with Crippen molar-refractivity contribution in [3.63, 3.8) is 0 Å². The van der Waals surface area contributed by atoms with Gasteiger partial charge in [0.25, 0.3) is 0 Å². The van der Waals surface area contributed by atoms with Gasteiger partial charge in [-0.3, -0.25) is 0 Å². The number of nitriles is 1. The number of rotatable bonds is 4. The molecule has 4 heteroatoms. The average molecular weight is 327 g/mol. The molecule has 1 heterocycles. The van der Waals surface area contributed by atoms with Gasteiger partial charge in [0.15, 0.2) is 0 Å². The van der Waals surface area contributed by atoms with Gasteiger partial charge in [-0.1, -0.05) is 29.8 Å². The molecular formula is C18H15ClN2S. The fourth-order valence-electron chi connectivity index (χ4n) is 2.84. The first kappa shape index (κ1) is 15.1. The van der Waals surface area contributed by atoms with E-state index in [1.807, 2.05) is 30.3 Å². The van der Waals surface area contributed by atoms with E-state index in [0.29, 0.717) is 10.6 Å². The Bertz CT molecular complexity index is 760. The second-order valence-electron chi connectivity index (χ2n) is 5.16. The van der Waals surface area contributed by atoms with E-state index in [-0.39, 0.29) is 0 Å². The zero-order chi connectivity index (χ0) is 15.5. The summed E-state index contributed by atoms with van der Waals surface area (Å²) in [5, 5.41) is 11.2. The fraction of sp³-hybridized carbons (Fsp3) is 0.222. The molecule has 2 aromatic rings. The van der Waals surface area contributed by atoms with Crippen LogP contribution < -0.4 is 0 Å². The quantitative estimate of drug-likeness (QED) is 0.583. The maximum atomic E-state index is 9.69. The molecule has 2 nitrogen and oxygen atoms in total. The number of aryl methyl sites for hydroxylation is 1. The minimum Gasteiger partial charge on any atom is -0.245 e. The monoisotopic (exact) mass is 326 g/mol. The summed E-state index contributed by atoms with van der Waals surface area (Å²) in [5.74, 6) is 0.751. The Kier molecular flexibility index (Phi) is 4.52. The summed E-state index contributed by atoms with van der Waals surface area (Å²) in [6, 6.07) is 10.1. The van der Waals surface area contributed by atoms with Crippen LogP contribution in [0.15, 0.2) is 41.9 Å². The lowest BCUT2D eigenvalue weighted by molar-refractivity contribution is 0.891. The molecule has 0 atom stereocenters. The van der Waals surface area contributed by atoms with Gasteiger partial charge in [-0.25, -0.2) is 4.98 Å². The molecule has 1 aliphatic rings. The van der Waals surface area contributed by atoms with Gasteiger partial charge in [0.05, 0.1) is 5.56 Å². The molecule has 0 unspecified atom stereocenters. The largest absolute Gasteiger partial charge is 0.245 e. The van der Waals surface area contributed by atoms with E-state index in [2.05, 4.69) is 12.6 Å². The molecule has 110 valence electrons. The molecule has 0 aliphatic heterocycles. The van der Waals surface area contributed by atoms with Crippen molar-refractivity contribution in [1.29, 1.82) is 5.26 Å². The molecule has 1 aromatic heterocycles. The second-order valence-corrected chi connectivity index (χ2v) is 6.61. The van der Waals surface area contributed by atoms with Crippen LogP contribution in [-0.2, 0) is 12.8 Å². The van der Waals surface area contributed by atoms with E-state index >= 15 is 0 Å². The van der Waals surface area contributed by atoms with Crippen molar-refractivity contribution in [2.75, 3.05) is 5.75 Å². The molecule has 0 saturated heterocycles. The number of halogens is 1. The van der Waals surface area contributed by atoms with Crippen LogP contribution in [-0.4, -0.2) is 10.7 Å². The standard InChI is InChI=1S/C18H15ClN2S/c1-2-10-22-18-15(11-20)17(12-6-8-13(19)9-7-12)14-4-3-5-16(14)21-18/h2,6-9H,1,3-5,10H2. The maximum absolute atomic E-state index is 9.69. The molecule has 3 rings (SSSR count). The molecule has 0 amide bonds. The summed E-state index contributed by atoms with van der Waals surface area (Å²) in [6.45, 7) is 3.75. The smallest absolute Gasteiger partial charge is 0.115 e. The summed E-state index contributed by atoms with van der Waals surface area (Å²) < 4.78 is 0. The highest BCUT2D eigenvalue weighted by Crippen LogP contribution is 2.38. The van der Waals surface area contributed by atoms with Crippen molar-refractivity contribution in [3.8, 4) is 17.2 Å². The summed E-state index contributed by atoms with van der Waals surface area (Å²) in [4.78, 5) is 4.73. The number of hydrogen-bond donors (Lipinski definition) is 0. The highest BCUT2D eigenvalue weighted by atomic mass is 35.5. The molecule has 0 fully saturated rings. The Morgan fingerprint density at radius 2 is 2.09 bits per heavy atom. The van der Waals surface area contributed by atoms with Gasteiger partial charge in [0.1, 0.15) is 11.1 Å². The maximum Gasteiger partial charge on any atom is 0.115 e. The van der Waals surface area contributed by atoms with Crippen LogP contribution in [0.1, 0.15) is 23.2 Å². The number of nitrogens with zero attached hydrogens (tertiary/aromatic N) is 2. The molecule has 1 aromatic carbocycles. The van der Waals surface area contributed by atoms with Crippen molar-refractivity contribution in [1.82, 2.24) is 4.98 Å². The highest BCUT2D eigenvalue weighted by molar-refractivity contribution is 7.99. The first-order chi connectivity index (χ1) is 10.7. The van der Waals surface area contributed by atoms with Crippen LogP contribution in [0.25, 0.3) is 11.1 Å². The number of fused-ring (bicyclic) bond motifs is 1. The first-order valence-electron chi connectivity index (χ1n) is 7.20. The Hall–Kier alpha value is -1.76. The number of aromatic nitrogens is 1. The van der Waals surface area contributed by atoms with Crippen molar-refractivity contribution >= 4 is 23.4 Å².